The molecule has 1 aromatic carbocycles. The van der Waals surface area contributed by atoms with Gasteiger partial charge in [-0.15, -0.1) is 11.3 Å². The number of rotatable bonds is 7. The first-order valence-electron chi connectivity index (χ1n) is 6.94. The summed E-state index contributed by atoms with van der Waals surface area (Å²) in [6.45, 7) is 2.18. The van der Waals surface area contributed by atoms with Gasteiger partial charge in [-0.2, -0.15) is 0 Å². The van der Waals surface area contributed by atoms with Gasteiger partial charge in [-0.05, 0) is 24.6 Å². The van der Waals surface area contributed by atoms with Gasteiger partial charge in [0.2, 0.25) is 5.91 Å². The Hall–Kier alpha value is -2.34. The lowest BCUT2D eigenvalue weighted by atomic mass is 10.2. The summed E-state index contributed by atoms with van der Waals surface area (Å²) < 4.78 is 5.44. The Kier molecular flexibility index (Phi) is 5.55. The van der Waals surface area contributed by atoms with E-state index < -0.39 is 5.97 Å². The highest BCUT2D eigenvalue weighted by Gasteiger charge is 2.16. The third-order valence-corrected chi connectivity index (χ3v) is 4.15. The number of aryl methyl sites for hydroxylation is 1. The number of para-hydroxylation sites is 1. The predicted octanol–water partition coefficient (Wildman–Crippen LogP) is 3.42. The summed E-state index contributed by atoms with van der Waals surface area (Å²) in [7, 11) is 0. The van der Waals surface area contributed by atoms with Crippen molar-refractivity contribution in [2.24, 2.45) is 0 Å². The summed E-state index contributed by atoms with van der Waals surface area (Å²) in [6, 6.07) is 10.8. The van der Waals surface area contributed by atoms with Crippen molar-refractivity contribution in [2.45, 2.75) is 19.8 Å². The van der Waals surface area contributed by atoms with Crippen molar-refractivity contribution in [1.29, 1.82) is 0 Å². The van der Waals surface area contributed by atoms with Gasteiger partial charge in [0.05, 0.1) is 18.6 Å². The number of thiophene rings is 1. The van der Waals surface area contributed by atoms with Crippen LogP contribution in [0, 0.1) is 0 Å². The maximum Gasteiger partial charge on any atom is 0.338 e. The van der Waals surface area contributed by atoms with Crippen molar-refractivity contribution >= 4 is 28.2 Å². The van der Waals surface area contributed by atoms with E-state index in [9.17, 15) is 9.59 Å². The fraction of sp³-hybridized carbons (Fsp3) is 0.250. The van der Waals surface area contributed by atoms with Crippen molar-refractivity contribution in [2.75, 3.05) is 11.9 Å². The number of aromatic carboxylic acids is 1. The number of benzene rings is 1. The van der Waals surface area contributed by atoms with Crippen molar-refractivity contribution in [3.8, 4) is 5.75 Å². The highest BCUT2D eigenvalue weighted by molar-refractivity contribution is 7.16. The zero-order chi connectivity index (χ0) is 15.9. The SMILES string of the molecule is CCc1cc(C(=O)O)c(NC(=O)CCOc2ccccc2)s1. The van der Waals surface area contributed by atoms with E-state index in [0.29, 0.717) is 10.8 Å². The molecule has 0 bridgehead atoms. The van der Waals surface area contributed by atoms with Gasteiger partial charge in [0.1, 0.15) is 10.8 Å². The minimum absolute atomic E-state index is 0.138. The zero-order valence-corrected chi connectivity index (χ0v) is 13.0. The van der Waals surface area contributed by atoms with E-state index >= 15 is 0 Å². The molecule has 6 heteroatoms. The van der Waals surface area contributed by atoms with E-state index in [1.165, 1.54) is 11.3 Å². The summed E-state index contributed by atoms with van der Waals surface area (Å²) in [5, 5.41) is 12.2. The van der Waals surface area contributed by atoms with Crippen molar-refractivity contribution in [3.05, 3.63) is 46.8 Å². The maximum atomic E-state index is 11.9. The summed E-state index contributed by atoms with van der Waals surface area (Å²) in [4.78, 5) is 24.0. The van der Waals surface area contributed by atoms with E-state index in [0.717, 1.165) is 11.3 Å². The number of carboxylic acid groups (broad SMARTS) is 1. The molecular formula is C16H17NO4S. The van der Waals surface area contributed by atoms with Crippen LogP contribution in [0.15, 0.2) is 36.4 Å². The molecule has 1 aromatic heterocycles. The molecule has 2 aromatic rings. The predicted molar refractivity (Wildman–Crippen MR) is 85.8 cm³/mol. The molecule has 22 heavy (non-hydrogen) atoms. The summed E-state index contributed by atoms with van der Waals surface area (Å²) in [5.74, 6) is -0.597. The second-order valence-electron chi connectivity index (χ2n) is 4.57. The normalized spacial score (nSPS) is 10.2. The molecule has 0 spiro atoms. The van der Waals surface area contributed by atoms with Crippen LogP contribution in [0.3, 0.4) is 0 Å². The van der Waals surface area contributed by atoms with Crippen LogP contribution in [0.5, 0.6) is 5.75 Å². The van der Waals surface area contributed by atoms with Gasteiger partial charge in [-0.25, -0.2) is 4.79 Å². The van der Waals surface area contributed by atoms with Gasteiger partial charge < -0.3 is 15.2 Å². The number of ether oxygens (including phenoxy) is 1. The molecule has 0 fully saturated rings. The Morgan fingerprint density at radius 3 is 2.64 bits per heavy atom. The van der Waals surface area contributed by atoms with E-state index in [1.54, 1.807) is 6.07 Å². The lowest BCUT2D eigenvalue weighted by Crippen LogP contribution is -2.16. The van der Waals surface area contributed by atoms with Crippen molar-refractivity contribution in [1.82, 2.24) is 0 Å². The largest absolute Gasteiger partial charge is 0.493 e. The lowest BCUT2D eigenvalue weighted by molar-refractivity contribution is -0.116. The first-order chi connectivity index (χ1) is 10.6. The average Bonchev–Trinajstić information content (AvgIpc) is 2.91. The minimum atomic E-state index is -1.04. The highest BCUT2D eigenvalue weighted by Crippen LogP contribution is 2.28. The summed E-state index contributed by atoms with van der Waals surface area (Å²) in [5.41, 5.74) is 0.138. The standard InChI is InChI=1S/C16H17NO4S/c1-2-12-10-13(16(19)20)15(22-12)17-14(18)8-9-21-11-6-4-3-5-7-11/h3-7,10H,2,8-9H2,1H3,(H,17,18)(H,19,20). The molecule has 5 nitrogen and oxygen atoms in total. The van der Waals surface area contributed by atoms with Gasteiger partial charge in [0.15, 0.2) is 0 Å². The Morgan fingerprint density at radius 2 is 2.00 bits per heavy atom. The van der Waals surface area contributed by atoms with Crippen molar-refractivity contribution < 1.29 is 19.4 Å². The first-order valence-corrected chi connectivity index (χ1v) is 7.75. The number of amides is 1. The smallest absolute Gasteiger partial charge is 0.338 e. The van der Waals surface area contributed by atoms with E-state index in [2.05, 4.69) is 5.32 Å². The van der Waals surface area contributed by atoms with Gasteiger partial charge in [0, 0.05) is 4.88 Å². The van der Waals surface area contributed by atoms with Crippen LogP contribution >= 0.6 is 11.3 Å². The Balaban J connectivity index is 1.89. The minimum Gasteiger partial charge on any atom is -0.493 e. The molecule has 2 N–H and O–H groups in total. The molecule has 0 aliphatic heterocycles. The number of hydrogen-bond donors (Lipinski definition) is 2. The zero-order valence-electron chi connectivity index (χ0n) is 12.2. The lowest BCUT2D eigenvalue weighted by Gasteiger charge is -2.06. The first kappa shape index (κ1) is 16.0. The van der Waals surface area contributed by atoms with E-state index in [1.807, 2.05) is 37.3 Å². The molecule has 1 heterocycles. The van der Waals surface area contributed by atoms with E-state index in [4.69, 9.17) is 9.84 Å². The van der Waals surface area contributed by atoms with Gasteiger partial charge >= 0.3 is 5.97 Å². The maximum absolute atomic E-state index is 11.9. The van der Waals surface area contributed by atoms with Crippen LogP contribution in [0.25, 0.3) is 0 Å². The molecule has 0 aliphatic rings. The fourth-order valence-electron chi connectivity index (χ4n) is 1.84. The monoisotopic (exact) mass is 319 g/mol. The molecule has 0 radical (unpaired) electrons. The Bertz CT molecular complexity index is 651. The molecular weight excluding hydrogens is 302 g/mol. The Labute approximate surface area is 132 Å². The summed E-state index contributed by atoms with van der Waals surface area (Å²) >= 11 is 1.29. The van der Waals surface area contributed by atoms with Crippen LogP contribution in [-0.2, 0) is 11.2 Å². The fourth-order valence-corrected chi connectivity index (χ4v) is 2.84. The van der Waals surface area contributed by atoms with Crippen LogP contribution in [0.4, 0.5) is 5.00 Å². The third-order valence-electron chi connectivity index (χ3n) is 2.96. The highest BCUT2D eigenvalue weighted by atomic mass is 32.1. The van der Waals surface area contributed by atoms with Gasteiger partial charge in [-0.1, -0.05) is 25.1 Å². The quantitative estimate of drug-likeness (QED) is 0.820. The number of carbonyl (C=O) groups is 2. The number of nitrogens with one attached hydrogen (secondary N) is 1. The third kappa shape index (κ3) is 4.33. The Morgan fingerprint density at radius 1 is 1.27 bits per heavy atom. The van der Waals surface area contributed by atoms with Gasteiger partial charge in [0.25, 0.3) is 0 Å². The van der Waals surface area contributed by atoms with Crippen LogP contribution in [0.2, 0.25) is 0 Å². The number of carboxylic acids is 1. The molecule has 1 amide bonds. The second kappa shape index (κ2) is 7.61. The molecule has 0 saturated heterocycles. The molecule has 0 saturated carbocycles. The topological polar surface area (TPSA) is 75.6 Å². The molecule has 0 aliphatic carbocycles. The number of anilines is 1. The number of carbonyl (C=O) groups excluding carboxylic acids is 1. The summed E-state index contributed by atoms with van der Waals surface area (Å²) in [6.07, 6.45) is 0.894. The second-order valence-corrected chi connectivity index (χ2v) is 5.71. The van der Waals surface area contributed by atoms with Crippen LogP contribution < -0.4 is 10.1 Å². The van der Waals surface area contributed by atoms with Crippen LogP contribution in [0.1, 0.15) is 28.6 Å². The average molecular weight is 319 g/mol. The van der Waals surface area contributed by atoms with Gasteiger partial charge in [-0.3, -0.25) is 4.79 Å². The molecule has 2 rings (SSSR count). The van der Waals surface area contributed by atoms with Crippen LogP contribution in [-0.4, -0.2) is 23.6 Å². The molecule has 116 valence electrons. The van der Waals surface area contributed by atoms with Crippen molar-refractivity contribution in [3.63, 3.8) is 0 Å². The molecule has 0 unspecified atom stereocenters. The number of hydrogen-bond acceptors (Lipinski definition) is 4. The molecule has 0 atom stereocenters. The van der Waals surface area contributed by atoms with E-state index in [-0.39, 0.29) is 24.5 Å².